The van der Waals surface area contributed by atoms with Gasteiger partial charge in [0, 0.05) is 12.6 Å². The molecule has 2 aromatic rings. The molecule has 21 heavy (non-hydrogen) atoms. The van der Waals surface area contributed by atoms with Gasteiger partial charge in [0.15, 0.2) is 5.82 Å². The Kier molecular flexibility index (Phi) is 3.85. The molecule has 3 rings (SSSR count). The maximum absolute atomic E-state index is 12.0. The normalized spacial score (nSPS) is 17.1. The Morgan fingerprint density at radius 1 is 1.38 bits per heavy atom. The molecular formula is C15H19N5O. The first-order valence-corrected chi connectivity index (χ1v) is 7.29. The van der Waals surface area contributed by atoms with E-state index in [-0.39, 0.29) is 12.1 Å². The summed E-state index contributed by atoms with van der Waals surface area (Å²) in [4.78, 5) is 12.0. The van der Waals surface area contributed by atoms with Crippen LogP contribution in [-0.4, -0.2) is 27.1 Å². The number of fused-ring (bicyclic) bond motifs is 1. The molecule has 0 saturated heterocycles. The highest BCUT2D eigenvalue weighted by molar-refractivity contribution is 5.88. The second-order valence-corrected chi connectivity index (χ2v) is 5.27. The number of benzene rings is 1. The van der Waals surface area contributed by atoms with E-state index in [0.29, 0.717) is 5.82 Å². The van der Waals surface area contributed by atoms with Crippen molar-refractivity contribution in [2.75, 3.05) is 5.32 Å². The molecule has 0 spiro atoms. The molecule has 1 aliphatic rings. The lowest BCUT2D eigenvalue weighted by atomic mass is 9.88. The van der Waals surface area contributed by atoms with E-state index in [9.17, 15) is 4.79 Å². The van der Waals surface area contributed by atoms with Crippen molar-refractivity contribution in [3.8, 4) is 0 Å². The van der Waals surface area contributed by atoms with Crippen LogP contribution in [0, 0.1) is 0 Å². The summed E-state index contributed by atoms with van der Waals surface area (Å²) in [5.41, 5.74) is 2.72. The molecule has 6 heteroatoms. The van der Waals surface area contributed by atoms with E-state index in [4.69, 9.17) is 0 Å². The number of nitrogens with zero attached hydrogens (tertiary/aromatic N) is 3. The lowest BCUT2D eigenvalue weighted by molar-refractivity contribution is 0.247. The topological polar surface area (TPSA) is 71.8 Å². The number of aryl methyl sites for hydroxylation is 2. The predicted molar refractivity (Wildman–Crippen MR) is 80.1 cm³/mol. The zero-order valence-corrected chi connectivity index (χ0v) is 12.0. The smallest absolute Gasteiger partial charge is 0.320 e. The van der Waals surface area contributed by atoms with Crippen LogP contribution in [-0.2, 0) is 19.4 Å². The van der Waals surface area contributed by atoms with Crippen LogP contribution in [0.5, 0.6) is 0 Å². The van der Waals surface area contributed by atoms with Gasteiger partial charge in [-0.15, -0.1) is 5.10 Å². The van der Waals surface area contributed by atoms with Crippen LogP contribution in [0.15, 0.2) is 30.5 Å². The molecule has 2 N–H and O–H groups in total. The van der Waals surface area contributed by atoms with Crippen molar-refractivity contribution in [3.05, 3.63) is 41.6 Å². The van der Waals surface area contributed by atoms with Gasteiger partial charge in [0.05, 0.1) is 6.20 Å². The van der Waals surface area contributed by atoms with Gasteiger partial charge in [-0.05, 0) is 37.3 Å². The summed E-state index contributed by atoms with van der Waals surface area (Å²) in [6, 6.07) is 8.35. The fourth-order valence-electron chi connectivity index (χ4n) is 2.67. The number of hydrogen-bond acceptors (Lipinski definition) is 3. The summed E-state index contributed by atoms with van der Waals surface area (Å²) in [5, 5.41) is 13.5. The van der Waals surface area contributed by atoms with Crippen molar-refractivity contribution in [1.29, 1.82) is 0 Å². The van der Waals surface area contributed by atoms with Gasteiger partial charge >= 0.3 is 6.03 Å². The van der Waals surface area contributed by atoms with Crippen molar-refractivity contribution < 1.29 is 4.79 Å². The Balaban J connectivity index is 1.56. The third-order valence-electron chi connectivity index (χ3n) is 3.79. The number of urea groups is 1. The van der Waals surface area contributed by atoms with Crippen molar-refractivity contribution in [2.45, 2.75) is 38.8 Å². The highest BCUT2D eigenvalue weighted by atomic mass is 16.2. The highest BCUT2D eigenvalue weighted by Crippen LogP contribution is 2.21. The fraction of sp³-hybridized carbons (Fsp3) is 0.400. The van der Waals surface area contributed by atoms with E-state index in [1.165, 1.54) is 11.1 Å². The molecule has 1 atom stereocenters. The minimum Gasteiger partial charge on any atom is -0.335 e. The molecular weight excluding hydrogens is 266 g/mol. The molecule has 110 valence electrons. The van der Waals surface area contributed by atoms with Crippen molar-refractivity contribution in [3.63, 3.8) is 0 Å². The number of nitrogens with one attached hydrogen (secondary N) is 2. The number of rotatable bonds is 3. The van der Waals surface area contributed by atoms with Crippen LogP contribution in [0.1, 0.15) is 24.5 Å². The lowest BCUT2D eigenvalue weighted by Crippen LogP contribution is -2.41. The summed E-state index contributed by atoms with van der Waals surface area (Å²) >= 11 is 0. The predicted octanol–water partition coefficient (Wildman–Crippen LogP) is 1.98. The number of carbonyl (C=O) groups excluding carboxylic acids is 1. The Labute approximate surface area is 123 Å². The van der Waals surface area contributed by atoms with Crippen molar-refractivity contribution in [2.24, 2.45) is 0 Å². The monoisotopic (exact) mass is 285 g/mol. The maximum atomic E-state index is 12.0. The van der Waals surface area contributed by atoms with Crippen LogP contribution in [0.2, 0.25) is 0 Å². The minimum absolute atomic E-state index is 0.168. The number of carbonyl (C=O) groups is 1. The highest BCUT2D eigenvalue weighted by Gasteiger charge is 2.20. The molecule has 1 aromatic heterocycles. The first-order valence-electron chi connectivity index (χ1n) is 7.29. The molecule has 1 aromatic carbocycles. The van der Waals surface area contributed by atoms with Crippen LogP contribution in [0.25, 0.3) is 0 Å². The maximum Gasteiger partial charge on any atom is 0.320 e. The summed E-state index contributed by atoms with van der Waals surface area (Å²) in [6.07, 6.45) is 4.57. The molecule has 0 radical (unpaired) electrons. The average Bonchev–Trinajstić information content (AvgIpc) is 2.94. The molecule has 0 saturated carbocycles. The van der Waals surface area contributed by atoms with Gasteiger partial charge in [-0.25, -0.2) is 4.79 Å². The summed E-state index contributed by atoms with van der Waals surface area (Å²) in [5.74, 6) is 0.477. The van der Waals surface area contributed by atoms with Crippen molar-refractivity contribution >= 4 is 11.8 Å². The largest absolute Gasteiger partial charge is 0.335 e. The number of hydrogen-bond donors (Lipinski definition) is 2. The standard InChI is InChI=1S/C15H19N5O/c1-2-20-10-14(18-19-20)17-15(21)16-13-8-7-11-5-3-4-6-12(11)9-13/h3-6,10,13H,2,7-9H2,1H3,(H2,16,17,21)/t13-/m0/s1. The summed E-state index contributed by atoms with van der Waals surface area (Å²) in [7, 11) is 0. The van der Waals surface area contributed by atoms with Gasteiger partial charge in [0.25, 0.3) is 0 Å². The van der Waals surface area contributed by atoms with Crippen LogP contribution >= 0.6 is 0 Å². The van der Waals surface area contributed by atoms with Crippen LogP contribution in [0.3, 0.4) is 0 Å². The van der Waals surface area contributed by atoms with Crippen LogP contribution in [0.4, 0.5) is 10.6 Å². The van der Waals surface area contributed by atoms with E-state index in [0.717, 1.165) is 25.8 Å². The molecule has 0 unspecified atom stereocenters. The van der Waals surface area contributed by atoms with E-state index in [1.54, 1.807) is 10.9 Å². The zero-order chi connectivity index (χ0) is 14.7. The molecule has 2 amide bonds. The van der Waals surface area contributed by atoms with E-state index in [1.807, 2.05) is 13.0 Å². The zero-order valence-electron chi connectivity index (χ0n) is 12.0. The molecule has 0 bridgehead atoms. The van der Waals surface area contributed by atoms with E-state index in [2.05, 4.69) is 39.1 Å². The number of anilines is 1. The Morgan fingerprint density at radius 2 is 2.19 bits per heavy atom. The quantitative estimate of drug-likeness (QED) is 0.905. The first kappa shape index (κ1) is 13.6. The van der Waals surface area contributed by atoms with E-state index < -0.39 is 0 Å². The third kappa shape index (κ3) is 3.21. The molecule has 0 aliphatic heterocycles. The van der Waals surface area contributed by atoms with Gasteiger partial charge in [-0.2, -0.15) is 0 Å². The van der Waals surface area contributed by atoms with Gasteiger partial charge in [-0.1, -0.05) is 29.5 Å². The number of amides is 2. The molecule has 6 nitrogen and oxygen atoms in total. The molecule has 0 fully saturated rings. The van der Waals surface area contributed by atoms with Gasteiger partial charge in [0.2, 0.25) is 0 Å². The second-order valence-electron chi connectivity index (χ2n) is 5.27. The Morgan fingerprint density at radius 3 is 2.95 bits per heavy atom. The molecule has 1 heterocycles. The first-order chi connectivity index (χ1) is 10.2. The van der Waals surface area contributed by atoms with Crippen molar-refractivity contribution in [1.82, 2.24) is 20.3 Å². The third-order valence-corrected chi connectivity index (χ3v) is 3.79. The summed E-state index contributed by atoms with van der Waals surface area (Å²) < 4.78 is 1.67. The van der Waals surface area contributed by atoms with Gasteiger partial charge in [0.1, 0.15) is 0 Å². The minimum atomic E-state index is -0.220. The average molecular weight is 285 g/mol. The number of aromatic nitrogens is 3. The Hall–Kier alpha value is -2.37. The van der Waals surface area contributed by atoms with Gasteiger partial charge in [-0.3, -0.25) is 10.00 Å². The Bertz CT molecular complexity index is 636. The van der Waals surface area contributed by atoms with Gasteiger partial charge < -0.3 is 5.32 Å². The van der Waals surface area contributed by atoms with Crippen LogP contribution < -0.4 is 10.6 Å². The fourth-order valence-corrected chi connectivity index (χ4v) is 2.67. The second kappa shape index (κ2) is 5.95. The SMILES string of the molecule is CCn1cc(NC(=O)N[C@H]2CCc3ccccc3C2)nn1. The summed E-state index contributed by atoms with van der Waals surface area (Å²) in [6.45, 7) is 2.70. The van der Waals surface area contributed by atoms with E-state index >= 15 is 0 Å². The lowest BCUT2D eigenvalue weighted by Gasteiger charge is -2.25. The molecule has 1 aliphatic carbocycles.